The summed E-state index contributed by atoms with van der Waals surface area (Å²) < 4.78 is 0. The fourth-order valence-corrected chi connectivity index (χ4v) is 4.18. The second-order valence-electron chi connectivity index (χ2n) is 9.90. The zero-order chi connectivity index (χ0) is 19.5. The SMILES string of the molecule is CC1CCN(CCCCNC(=O)C2(c3ccc(C(C)(C)C)cc3)CC2)CC1. The highest BCUT2D eigenvalue weighted by Gasteiger charge is 2.51. The highest BCUT2D eigenvalue weighted by atomic mass is 16.2. The molecule has 1 saturated carbocycles. The number of unbranched alkanes of at least 4 members (excludes halogenated alkanes) is 1. The first-order chi connectivity index (χ1) is 12.8. The van der Waals surface area contributed by atoms with E-state index in [-0.39, 0.29) is 16.7 Å². The molecule has 0 spiro atoms. The van der Waals surface area contributed by atoms with Gasteiger partial charge in [-0.2, -0.15) is 0 Å². The van der Waals surface area contributed by atoms with Crippen molar-refractivity contribution in [3.8, 4) is 0 Å². The van der Waals surface area contributed by atoms with Gasteiger partial charge in [-0.3, -0.25) is 4.79 Å². The van der Waals surface area contributed by atoms with Gasteiger partial charge in [-0.15, -0.1) is 0 Å². The molecule has 1 N–H and O–H groups in total. The second-order valence-corrected chi connectivity index (χ2v) is 9.90. The normalized spacial score (nSPS) is 20.4. The van der Waals surface area contributed by atoms with Crippen molar-refractivity contribution in [1.29, 1.82) is 0 Å². The topological polar surface area (TPSA) is 32.3 Å². The molecule has 1 saturated heterocycles. The molecular formula is C24H38N2O. The molecule has 0 aromatic heterocycles. The lowest BCUT2D eigenvalue weighted by atomic mass is 9.85. The van der Waals surface area contributed by atoms with Gasteiger partial charge in [0.25, 0.3) is 0 Å². The van der Waals surface area contributed by atoms with Crippen LogP contribution in [0.15, 0.2) is 24.3 Å². The Labute approximate surface area is 165 Å². The molecule has 2 fully saturated rings. The van der Waals surface area contributed by atoms with Gasteiger partial charge in [0.2, 0.25) is 5.91 Å². The van der Waals surface area contributed by atoms with Crippen LogP contribution in [-0.4, -0.2) is 37.0 Å². The van der Waals surface area contributed by atoms with E-state index in [0.29, 0.717) is 0 Å². The maximum Gasteiger partial charge on any atom is 0.230 e. The fraction of sp³-hybridized carbons (Fsp3) is 0.708. The Morgan fingerprint density at radius 1 is 1.11 bits per heavy atom. The lowest BCUT2D eigenvalue weighted by molar-refractivity contribution is -0.123. The number of amides is 1. The lowest BCUT2D eigenvalue weighted by Gasteiger charge is -2.30. The average Bonchev–Trinajstić information content (AvgIpc) is 3.44. The van der Waals surface area contributed by atoms with E-state index in [0.717, 1.165) is 31.7 Å². The molecule has 150 valence electrons. The number of hydrogen-bond acceptors (Lipinski definition) is 2. The monoisotopic (exact) mass is 370 g/mol. The number of likely N-dealkylation sites (tertiary alicyclic amines) is 1. The molecule has 1 aliphatic carbocycles. The van der Waals surface area contributed by atoms with Crippen molar-refractivity contribution in [2.45, 2.75) is 77.0 Å². The predicted molar refractivity (Wildman–Crippen MR) is 113 cm³/mol. The Balaban J connectivity index is 1.41. The van der Waals surface area contributed by atoms with Gasteiger partial charge in [0.15, 0.2) is 0 Å². The van der Waals surface area contributed by atoms with Crippen LogP contribution in [0, 0.1) is 5.92 Å². The number of benzene rings is 1. The Bertz CT molecular complexity index is 617. The van der Waals surface area contributed by atoms with Gasteiger partial charge in [0.05, 0.1) is 5.41 Å². The number of nitrogens with zero attached hydrogens (tertiary/aromatic N) is 1. The van der Waals surface area contributed by atoms with Crippen LogP contribution in [-0.2, 0) is 15.6 Å². The minimum Gasteiger partial charge on any atom is -0.355 e. The van der Waals surface area contributed by atoms with Crippen LogP contribution < -0.4 is 5.32 Å². The van der Waals surface area contributed by atoms with Crippen molar-refractivity contribution in [3.63, 3.8) is 0 Å². The minimum atomic E-state index is -0.251. The maximum absolute atomic E-state index is 12.8. The summed E-state index contributed by atoms with van der Waals surface area (Å²) in [6.45, 7) is 13.5. The van der Waals surface area contributed by atoms with E-state index in [1.165, 1.54) is 50.0 Å². The molecule has 1 aromatic carbocycles. The van der Waals surface area contributed by atoms with Crippen LogP contribution in [0.5, 0.6) is 0 Å². The van der Waals surface area contributed by atoms with Crippen molar-refractivity contribution in [2.24, 2.45) is 5.92 Å². The zero-order valence-corrected chi connectivity index (χ0v) is 17.8. The van der Waals surface area contributed by atoms with Gasteiger partial charge in [-0.05, 0) is 80.6 Å². The van der Waals surface area contributed by atoms with E-state index in [9.17, 15) is 4.79 Å². The van der Waals surface area contributed by atoms with Crippen LogP contribution in [0.3, 0.4) is 0 Å². The maximum atomic E-state index is 12.8. The van der Waals surface area contributed by atoms with E-state index < -0.39 is 0 Å². The highest BCUT2D eigenvalue weighted by molar-refractivity contribution is 5.91. The van der Waals surface area contributed by atoms with Gasteiger partial charge in [-0.1, -0.05) is 52.0 Å². The van der Waals surface area contributed by atoms with Gasteiger partial charge >= 0.3 is 0 Å². The molecule has 1 aromatic rings. The molecule has 1 aliphatic heterocycles. The van der Waals surface area contributed by atoms with Crippen LogP contribution >= 0.6 is 0 Å². The molecule has 3 nitrogen and oxygen atoms in total. The van der Waals surface area contributed by atoms with E-state index in [1.54, 1.807) is 0 Å². The third kappa shape index (κ3) is 5.13. The first kappa shape index (κ1) is 20.4. The Morgan fingerprint density at radius 2 is 1.74 bits per heavy atom. The summed E-state index contributed by atoms with van der Waals surface area (Å²) in [5, 5.41) is 3.22. The van der Waals surface area contributed by atoms with Gasteiger partial charge in [-0.25, -0.2) is 0 Å². The molecule has 3 heteroatoms. The van der Waals surface area contributed by atoms with Gasteiger partial charge in [0, 0.05) is 6.54 Å². The molecule has 1 amide bonds. The van der Waals surface area contributed by atoms with Crippen molar-refractivity contribution >= 4 is 5.91 Å². The summed E-state index contributed by atoms with van der Waals surface area (Å²) in [7, 11) is 0. The number of nitrogens with one attached hydrogen (secondary N) is 1. The molecule has 1 heterocycles. The third-order valence-corrected chi connectivity index (χ3v) is 6.55. The summed E-state index contributed by atoms with van der Waals surface area (Å²) in [5.74, 6) is 1.13. The van der Waals surface area contributed by atoms with E-state index >= 15 is 0 Å². The number of rotatable bonds is 7. The molecule has 0 bridgehead atoms. The highest BCUT2D eigenvalue weighted by Crippen LogP contribution is 2.48. The Hall–Kier alpha value is -1.35. The summed E-state index contributed by atoms with van der Waals surface area (Å²) in [6, 6.07) is 8.74. The lowest BCUT2D eigenvalue weighted by Crippen LogP contribution is -2.36. The molecular weight excluding hydrogens is 332 g/mol. The van der Waals surface area contributed by atoms with Crippen LogP contribution in [0.4, 0.5) is 0 Å². The second kappa shape index (κ2) is 8.34. The standard InChI is InChI=1S/C24H38N2O/c1-19-11-17-26(18-12-19)16-6-5-15-25-22(27)24(13-14-24)21-9-7-20(8-10-21)23(2,3)4/h7-10,19H,5-6,11-18H2,1-4H3,(H,25,27). The summed E-state index contributed by atoms with van der Waals surface area (Å²) in [4.78, 5) is 15.4. The largest absolute Gasteiger partial charge is 0.355 e. The van der Waals surface area contributed by atoms with Crippen LogP contribution in [0.1, 0.15) is 77.3 Å². The Kier molecular flexibility index (Phi) is 6.30. The molecule has 0 unspecified atom stereocenters. The third-order valence-electron chi connectivity index (χ3n) is 6.55. The molecule has 3 rings (SSSR count). The van der Waals surface area contributed by atoms with Crippen molar-refractivity contribution in [1.82, 2.24) is 10.2 Å². The number of hydrogen-bond donors (Lipinski definition) is 1. The van der Waals surface area contributed by atoms with Gasteiger partial charge < -0.3 is 10.2 Å². The molecule has 0 atom stereocenters. The number of piperidine rings is 1. The molecule has 0 radical (unpaired) electrons. The van der Waals surface area contributed by atoms with Gasteiger partial charge in [0.1, 0.15) is 0 Å². The van der Waals surface area contributed by atoms with Crippen LogP contribution in [0.25, 0.3) is 0 Å². The van der Waals surface area contributed by atoms with E-state index in [1.807, 2.05) is 0 Å². The number of carbonyl (C=O) groups excluding carboxylic acids is 1. The smallest absolute Gasteiger partial charge is 0.230 e. The Morgan fingerprint density at radius 3 is 2.30 bits per heavy atom. The molecule has 2 aliphatic rings. The fourth-order valence-electron chi connectivity index (χ4n) is 4.18. The first-order valence-electron chi connectivity index (χ1n) is 10.9. The quantitative estimate of drug-likeness (QED) is 0.709. The summed E-state index contributed by atoms with van der Waals surface area (Å²) in [5.41, 5.74) is 2.42. The van der Waals surface area contributed by atoms with E-state index in [4.69, 9.17) is 0 Å². The minimum absolute atomic E-state index is 0.157. The van der Waals surface area contributed by atoms with Crippen molar-refractivity contribution in [3.05, 3.63) is 35.4 Å². The van der Waals surface area contributed by atoms with Crippen molar-refractivity contribution in [2.75, 3.05) is 26.2 Å². The number of carbonyl (C=O) groups is 1. The summed E-state index contributed by atoms with van der Waals surface area (Å²) >= 11 is 0. The van der Waals surface area contributed by atoms with E-state index in [2.05, 4.69) is 62.2 Å². The first-order valence-corrected chi connectivity index (χ1v) is 10.9. The van der Waals surface area contributed by atoms with Crippen LogP contribution in [0.2, 0.25) is 0 Å². The predicted octanol–water partition coefficient (Wildman–Crippen LogP) is 4.64. The zero-order valence-electron chi connectivity index (χ0n) is 17.8. The summed E-state index contributed by atoms with van der Waals surface area (Å²) in [6.07, 6.45) is 6.92. The van der Waals surface area contributed by atoms with Crippen molar-refractivity contribution < 1.29 is 4.79 Å². The molecule has 27 heavy (non-hydrogen) atoms. The average molecular weight is 371 g/mol.